The minimum Gasteiger partial charge on any atom is -0.394 e. The fourth-order valence-electron chi connectivity index (χ4n) is 0. The van der Waals surface area contributed by atoms with E-state index in [4.69, 9.17) is 10.2 Å². The highest BCUT2D eigenvalue weighted by molar-refractivity contribution is 4.50. The quantitative estimate of drug-likeness (QED) is 0.521. The van der Waals surface area contributed by atoms with E-state index in [1.165, 1.54) is 19.3 Å². The highest BCUT2D eigenvalue weighted by Gasteiger charge is 1.95. The van der Waals surface area contributed by atoms with Crippen LogP contribution in [0.3, 0.4) is 0 Å². The molecule has 1 aliphatic carbocycles. The van der Waals surface area contributed by atoms with Gasteiger partial charge in [-0.1, -0.05) is 19.3 Å². The zero-order valence-electron chi connectivity index (χ0n) is 5.84. The summed E-state index contributed by atoms with van der Waals surface area (Å²) in [4.78, 5) is 0. The van der Waals surface area contributed by atoms with Crippen LogP contribution < -0.4 is 0 Å². The van der Waals surface area contributed by atoms with Crippen LogP contribution >= 0.6 is 0 Å². The van der Waals surface area contributed by atoms with Crippen molar-refractivity contribution in [3.05, 3.63) is 13.2 Å². The van der Waals surface area contributed by atoms with Gasteiger partial charge in [0, 0.05) is 0 Å². The first-order chi connectivity index (χ1) is 4.41. The molecule has 0 aromatic carbocycles. The Labute approximate surface area is 56.8 Å². The number of hydrogen-bond donors (Lipinski definition) is 2. The van der Waals surface area contributed by atoms with Crippen LogP contribution in [-0.2, 0) is 0 Å². The average Bonchev–Trinajstić information content (AvgIpc) is 2.77. The minimum absolute atomic E-state index is 0.125. The Kier molecular flexibility index (Phi) is 19.9. The first-order valence-electron chi connectivity index (χ1n) is 3.13. The standard InChI is InChI=1S/C3H6.C2H6O2.C2H4/c1-2-3-1;3-1-2-4;1-2/h1-3H2;3-4H,1-2H2;1-2H2. The molecule has 2 nitrogen and oxygen atoms in total. The molecule has 0 aliphatic heterocycles. The second kappa shape index (κ2) is 15.6. The minimum atomic E-state index is -0.125. The molecule has 0 heterocycles. The van der Waals surface area contributed by atoms with Gasteiger partial charge in [0.25, 0.3) is 0 Å². The van der Waals surface area contributed by atoms with E-state index in [0.29, 0.717) is 0 Å². The summed E-state index contributed by atoms with van der Waals surface area (Å²) in [6, 6.07) is 0. The van der Waals surface area contributed by atoms with E-state index in [1.54, 1.807) is 0 Å². The predicted octanol–water partition coefficient (Wildman–Crippen LogP) is 0.944. The largest absolute Gasteiger partial charge is 0.394 e. The van der Waals surface area contributed by atoms with Crippen LogP contribution in [-0.4, -0.2) is 23.4 Å². The molecule has 1 fully saturated rings. The molecular formula is C7H16O2. The normalized spacial score (nSPS) is 11.8. The highest BCUT2D eigenvalue weighted by atomic mass is 16.3. The van der Waals surface area contributed by atoms with Gasteiger partial charge in [-0.05, 0) is 0 Å². The van der Waals surface area contributed by atoms with Crippen molar-refractivity contribution in [3.63, 3.8) is 0 Å². The summed E-state index contributed by atoms with van der Waals surface area (Å²) in [6.45, 7) is 5.75. The van der Waals surface area contributed by atoms with E-state index in [0.717, 1.165) is 0 Å². The highest BCUT2D eigenvalue weighted by Crippen LogP contribution is 2.14. The Morgan fingerprint density at radius 1 is 0.889 bits per heavy atom. The summed E-state index contributed by atoms with van der Waals surface area (Å²) >= 11 is 0. The lowest BCUT2D eigenvalue weighted by atomic mass is 10.8. The molecule has 9 heavy (non-hydrogen) atoms. The fourth-order valence-corrected chi connectivity index (χ4v) is 0. The summed E-state index contributed by atoms with van der Waals surface area (Å²) in [6.07, 6.45) is 4.50. The van der Waals surface area contributed by atoms with Crippen molar-refractivity contribution >= 4 is 0 Å². The third-order valence-corrected chi connectivity index (χ3v) is 0.454. The number of rotatable bonds is 1. The van der Waals surface area contributed by atoms with Gasteiger partial charge in [0.15, 0.2) is 0 Å². The second-order valence-corrected chi connectivity index (χ2v) is 1.51. The summed E-state index contributed by atoms with van der Waals surface area (Å²) in [5, 5.41) is 15.2. The van der Waals surface area contributed by atoms with Crippen molar-refractivity contribution in [1.82, 2.24) is 0 Å². The van der Waals surface area contributed by atoms with Crippen molar-refractivity contribution in [1.29, 1.82) is 0 Å². The van der Waals surface area contributed by atoms with Crippen LogP contribution in [0.25, 0.3) is 0 Å². The second-order valence-electron chi connectivity index (χ2n) is 1.51. The maximum absolute atomic E-state index is 7.62. The van der Waals surface area contributed by atoms with Gasteiger partial charge < -0.3 is 10.2 Å². The maximum Gasteiger partial charge on any atom is 0.0662 e. The van der Waals surface area contributed by atoms with Crippen LogP contribution in [0.5, 0.6) is 0 Å². The lowest BCUT2D eigenvalue weighted by Gasteiger charge is -1.70. The Morgan fingerprint density at radius 3 is 1.11 bits per heavy atom. The molecule has 2 heteroatoms. The van der Waals surface area contributed by atoms with Crippen LogP contribution in [0.1, 0.15) is 19.3 Å². The maximum atomic E-state index is 7.62. The molecule has 0 aromatic rings. The Morgan fingerprint density at radius 2 is 1.11 bits per heavy atom. The predicted molar refractivity (Wildman–Crippen MR) is 39.3 cm³/mol. The number of aliphatic hydroxyl groups is 2. The van der Waals surface area contributed by atoms with Gasteiger partial charge in [0.2, 0.25) is 0 Å². The summed E-state index contributed by atoms with van der Waals surface area (Å²) in [7, 11) is 0. The fraction of sp³-hybridized carbons (Fsp3) is 0.714. The Balaban J connectivity index is 0. The molecule has 0 saturated heterocycles. The first kappa shape index (κ1) is 11.5. The third-order valence-electron chi connectivity index (χ3n) is 0.454. The van der Waals surface area contributed by atoms with Crippen molar-refractivity contribution < 1.29 is 10.2 Å². The van der Waals surface area contributed by atoms with Crippen molar-refractivity contribution in [2.75, 3.05) is 13.2 Å². The molecule has 0 radical (unpaired) electrons. The van der Waals surface area contributed by atoms with Crippen molar-refractivity contribution in [3.8, 4) is 0 Å². The van der Waals surface area contributed by atoms with E-state index >= 15 is 0 Å². The molecular weight excluding hydrogens is 116 g/mol. The zero-order chi connectivity index (χ0) is 7.54. The van der Waals surface area contributed by atoms with E-state index in [1.807, 2.05) is 0 Å². The zero-order valence-corrected chi connectivity index (χ0v) is 5.84. The summed E-state index contributed by atoms with van der Waals surface area (Å²) < 4.78 is 0. The smallest absolute Gasteiger partial charge is 0.0662 e. The van der Waals surface area contributed by atoms with Crippen LogP contribution in [0, 0.1) is 0 Å². The number of aliphatic hydroxyl groups excluding tert-OH is 2. The Hall–Kier alpha value is -0.340. The molecule has 1 saturated carbocycles. The number of hydrogen-bond acceptors (Lipinski definition) is 2. The SMILES string of the molecule is C1CC1.C=C.OCCO. The molecule has 2 N–H and O–H groups in total. The lowest BCUT2D eigenvalue weighted by molar-refractivity contribution is 0.186. The molecule has 0 bridgehead atoms. The topological polar surface area (TPSA) is 40.5 Å². The molecule has 0 spiro atoms. The molecule has 0 aromatic heterocycles. The average molecular weight is 132 g/mol. The van der Waals surface area contributed by atoms with Gasteiger partial charge in [0.1, 0.15) is 0 Å². The van der Waals surface area contributed by atoms with E-state index < -0.39 is 0 Å². The van der Waals surface area contributed by atoms with Crippen LogP contribution in [0.15, 0.2) is 13.2 Å². The van der Waals surface area contributed by atoms with Gasteiger partial charge in [-0.25, -0.2) is 0 Å². The van der Waals surface area contributed by atoms with Gasteiger partial charge in [-0.3, -0.25) is 0 Å². The molecule has 0 amide bonds. The summed E-state index contributed by atoms with van der Waals surface area (Å²) in [5.41, 5.74) is 0. The van der Waals surface area contributed by atoms with Crippen molar-refractivity contribution in [2.24, 2.45) is 0 Å². The van der Waals surface area contributed by atoms with Crippen molar-refractivity contribution in [2.45, 2.75) is 19.3 Å². The van der Waals surface area contributed by atoms with Crippen LogP contribution in [0.4, 0.5) is 0 Å². The first-order valence-corrected chi connectivity index (χ1v) is 3.13. The molecule has 1 aliphatic rings. The molecule has 0 unspecified atom stereocenters. The molecule has 0 atom stereocenters. The van der Waals surface area contributed by atoms with E-state index in [9.17, 15) is 0 Å². The van der Waals surface area contributed by atoms with Crippen LogP contribution in [0.2, 0.25) is 0 Å². The Bertz CT molecular complexity index is 31.1. The molecule has 56 valence electrons. The van der Waals surface area contributed by atoms with Gasteiger partial charge >= 0.3 is 0 Å². The molecule has 1 rings (SSSR count). The third kappa shape index (κ3) is 89.1. The van der Waals surface area contributed by atoms with Gasteiger partial charge in [-0.2, -0.15) is 0 Å². The van der Waals surface area contributed by atoms with E-state index in [2.05, 4.69) is 13.2 Å². The van der Waals surface area contributed by atoms with Gasteiger partial charge in [0.05, 0.1) is 13.2 Å². The summed E-state index contributed by atoms with van der Waals surface area (Å²) in [5.74, 6) is 0. The van der Waals surface area contributed by atoms with E-state index in [-0.39, 0.29) is 13.2 Å². The lowest BCUT2D eigenvalue weighted by Crippen LogP contribution is -1.85. The monoisotopic (exact) mass is 132 g/mol. The van der Waals surface area contributed by atoms with Gasteiger partial charge in [-0.15, -0.1) is 13.2 Å².